The number of hydrogen-bond acceptors (Lipinski definition) is 4. The molecule has 0 unspecified atom stereocenters. The average molecular weight is 268 g/mol. The molecule has 0 aromatic heterocycles. The summed E-state index contributed by atoms with van der Waals surface area (Å²) in [7, 11) is -3.27. The molecule has 0 aromatic carbocycles. The van der Waals surface area contributed by atoms with Gasteiger partial charge in [0.05, 0.1) is 5.75 Å². The molecule has 0 saturated carbocycles. The number of carbonyl (C=O) groups excluding carboxylic acids is 1. The van der Waals surface area contributed by atoms with Crippen LogP contribution in [0.25, 0.3) is 0 Å². The summed E-state index contributed by atoms with van der Waals surface area (Å²) in [5.41, 5.74) is 0. The normalized spacial score (nSPS) is 11.8. The highest BCUT2D eigenvalue weighted by molar-refractivity contribution is 8.13. The predicted octanol–water partition coefficient (Wildman–Crippen LogP) is 1.17. The fourth-order valence-electron chi connectivity index (χ4n) is 0.951. The summed E-state index contributed by atoms with van der Waals surface area (Å²) in [6.07, 6.45) is 0.922. The SMILES string of the molecule is CCCSC(=O)NCCS(=O)(=O)NC(C)C. The van der Waals surface area contributed by atoms with Crippen LogP contribution in [0.1, 0.15) is 27.2 Å². The second-order valence-electron chi connectivity index (χ2n) is 3.65. The molecule has 0 heterocycles. The first-order valence-electron chi connectivity index (χ1n) is 5.28. The van der Waals surface area contributed by atoms with Crippen molar-refractivity contribution >= 4 is 27.0 Å². The summed E-state index contributed by atoms with van der Waals surface area (Å²) in [6, 6.07) is -0.116. The Morgan fingerprint density at radius 2 is 2.00 bits per heavy atom. The summed E-state index contributed by atoms with van der Waals surface area (Å²) in [4.78, 5) is 11.1. The van der Waals surface area contributed by atoms with E-state index >= 15 is 0 Å². The molecule has 0 radical (unpaired) electrons. The zero-order valence-electron chi connectivity index (χ0n) is 9.95. The maximum atomic E-state index is 11.4. The van der Waals surface area contributed by atoms with Crippen LogP contribution in [-0.4, -0.2) is 37.7 Å². The van der Waals surface area contributed by atoms with Gasteiger partial charge in [-0.2, -0.15) is 0 Å². The Labute approximate surface area is 102 Å². The standard InChI is InChI=1S/C9H20N2O3S2/c1-4-6-15-9(12)10-5-7-16(13,14)11-8(2)3/h8,11H,4-7H2,1-3H3,(H,10,12). The molecule has 0 aliphatic carbocycles. The Morgan fingerprint density at radius 1 is 1.38 bits per heavy atom. The molecule has 0 atom stereocenters. The molecule has 96 valence electrons. The first-order chi connectivity index (χ1) is 7.37. The van der Waals surface area contributed by atoms with E-state index in [1.54, 1.807) is 13.8 Å². The molecule has 7 heteroatoms. The summed E-state index contributed by atoms with van der Waals surface area (Å²) in [5, 5.41) is 2.39. The third kappa shape index (κ3) is 8.99. The van der Waals surface area contributed by atoms with Crippen molar-refractivity contribution in [3.05, 3.63) is 0 Å². The van der Waals surface area contributed by atoms with Crippen LogP contribution in [0.4, 0.5) is 4.79 Å². The van der Waals surface area contributed by atoms with E-state index in [4.69, 9.17) is 0 Å². The van der Waals surface area contributed by atoms with Gasteiger partial charge in [-0.05, 0) is 20.3 Å². The van der Waals surface area contributed by atoms with E-state index in [1.807, 2.05) is 6.92 Å². The van der Waals surface area contributed by atoms with Crippen LogP contribution >= 0.6 is 11.8 Å². The van der Waals surface area contributed by atoms with Crippen LogP contribution < -0.4 is 10.0 Å². The van der Waals surface area contributed by atoms with E-state index in [0.29, 0.717) is 0 Å². The highest BCUT2D eigenvalue weighted by Gasteiger charge is 2.11. The van der Waals surface area contributed by atoms with Crippen LogP contribution in [0.15, 0.2) is 0 Å². The minimum Gasteiger partial charge on any atom is -0.346 e. The van der Waals surface area contributed by atoms with Gasteiger partial charge < -0.3 is 5.32 Å². The summed E-state index contributed by atoms with van der Waals surface area (Å²) >= 11 is 1.18. The van der Waals surface area contributed by atoms with Crippen molar-refractivity contribution in [1.29, 1.82) is 0 Å². The van der Waals surface area contributed by atoms with Gasteiger partial charge in [0.25, 0.3) is 5.24 Å². The van der Waals surface area contributed by atoms with E-state index in [0.717, 1.165) is 12.2 Å². The van der Waals surface area contributed by atoms with Gasteiger partial charge in [-0.3, -0.25) is 4.79 Å². The molecule has 0 saturated heterocycles. The smallest absolute Gasteiger partial charge is 0.279 e. The quantitative estimate of drug-likeness (QED) is 0.726. The molecule has 0 rings (SSSR count). The van der Waals surface area contributed by atoms with Crippen molar-refractivity contribution in [2.45, 2.75) is 33.2 Å². The monoisotopic (exact) mass is 268 g/mol. The van der Waals surface area contributed by atoms with Crippen molar-refractivity contribution < 1.29 is 13.2 Å². The summed E-state index contributed by atoms with van der Waals surface area (Å²) in [5.74, 6) is 0.673. The summed E-state index contributed by atoms with van der Waals surface area (Å²) < 4.78 is 25.2. The Balaban J connectivity index is 3.77. The van der Waals surface area contributed by atoms with Gasteiger partial charge in [-0.1, -0.05) is 18.7 Å². The van der Waals surface area contributed by atoms with E-state index in [1.165, 1.54) is 11.8 Å². The van der Waals surface area contributed by atoms with Gasteiger partial charge in [0.15, 0.2) is 0 Å². The van der Waals surface area contributed by atoms with Gasteiger partial charge in [0.2, 0.25) is 10.0 Å². The Kier molecular flexibility index (Phi) is 7.78. The van der Waals surface area contributed by atoms with Crippen molar-refractivity contribution in [2.24, 2.45) is 0 Å². The van der Waals surface area contributed by atoms with E-state index in [2.05, 4.69) is 10.0 Å². The molecule has 1 amide bonds. The Hall–Kier alpha value is -0.270. The number of amides is 1. The van der Waals surface area contributed by atoms with Gasteiger partial charge in [-0.15, -0.1) is 0 Å². The second-order valence-corrected chi connectivity index (χ2v) is 6.60. The van der Waals surface area contributed by atoms with Crippen molar-refractivity contribution in [2.75, 3.05) is 18.1 Å². The summed E-state index contributed by atoms with van der Waals surface area (Å²) in [6.45, 7) is 5.65. The molecule has 16 heavy (non-hydrogen) atoms. The molecule has 0 spiro atoms. The molecule has 0 bridgehead atoms. The van der Waals surface area contributed by atoms with Crippen LogP contribution in [-0.2, 0) is 10.0 Å². The molecule has 0 aliphatic rings. The van der Waals surface area contributed by atoms with Gasteiger partial charge >= 0.3 is 0 Å². The predicted molar refractivity (Wildman–Crippen MR) is 68.2 cm³/mol. The fraction of sp³-hybridized carbons (Fsp3) is 0.889. The number of sulfonamides is 1. The number of nitrogens with one attached hydrogen (secondary N) is 2. The van der Waals surface area contributed by atoms with Crippen molar-refractivity contribution in [3.8, 4) is 0 Å². The largest absolute Gasteiger partial charge is 0.346 e. The Bertz CT molecular complexity index is 302. The van der Waals surface area contributed by atoms with Gasteiger partial charge in [0, 0.05) is 18.3 Å². The lowest BCUT2D eigenvalue weighted by Gasteiger charge is -2.09. The third-order valence-electron chi connectivity index (χ3n) is 1.49. The Morgan fingerprint density at radius 3 is 2.50 bits per heavy atom. The first kappa shape index (κ1) is 15.7. The molecule has 5 nitrogen and oxygen atoms in total. The lowest BCUT2D eigenvalue weighted by atomic mass is 10.4. The molecular formula is C9H20N2O3S2. The average Bonchev–Trinajstić information content (AvgIpc) is 2.12. The van der Waals surface area contributed by atoms with Crippen molar-refractivity contribution in [1.82, 2.24) is 10.0 Å². The lowest BCUT2D eigenvalue weighted by Crippen LogP contribution is -2.36. The van der Waals surface area contributed by atoms with E-state index in [9.17, 15) is 13.2 Å². The van der Waals surface area contributed by atoms with Crippen LogP contribution in [0, 0.1) is 0 Å². The maximum absolute atomic E-state index is 11.4. The van der Waals surface area contributed by atoms with Crippen LogP contribution in [0.3, 0.4) is 0 Å². The zero-order chi connectivity index (χ0) is 12.6. The van der Waals surface area contributed by atoms with E-state index < -0.39 is 10.0 Å². The van der Waals surface area contributed by atoms with Gasteiger partial charge in [0.1, 0.15) is 0 Å². The molecule has 2 N–H and O–H groups in total. The number of rotatable bonds is 7. The van der Waals surface area contributed by atoms with Gasteiger partial charge in [-0.25, -0.2) is 13.1 Å². The highest BCUT2D eigenvalue weighted by Crippen LogP contribution is 2.02. The minimum atomic E-state index is -3.27. The second kappa shape index (κ2) is 7.92. The van der Waals surface area contributed by atoms with Crippen molar-refractivity contribution in [3.63, 3.8) is 0 Å². The number of carbonyl (C=O) groups is 1. The number of thioether (sulfide) groups is 1. The molecule has 0 fully saturated rings. The first-order valence-corrected chi connectivity index (χ1v) is 7.91. The molecule has 0 aromatic rings. The molecule has 0 aliphatic heterocycles. The lowest BCUT2D eigenvalue weighted by molar-refractivity contribution is 0.261. The minimum absolute atomic E-state index is 0.0798. The topological polar surface area (TPSA) is 75.3 Å². The van der Waals surface area contributed by atoms with E-state index in [-0.39, 0.29) is 23.6 Å². The highest BCUT2D eigenvalue weighted by atomic mass is 32.2. The maximum Gasteiger partial charge on any atom is 0.279 e. The molecular weight excluding hydrogens is 248 g/mol. The third-order valence-corrected chi connectivity index (χ3v) is 4.08. The van der Waals surface area contributed by atoms with Crippen LogP contribution in [0.5, 0.6) is 0 Å². The number of hydrogen-bond donors (Lipinski definition) is 2. The zero-order valence-corrected chi connectivity index (χ0v) is 11.6. The fourth-order valence-corrected chi connectivity index (χ4v) is 2.75. The van der Waals surface area contributed by atoms with Crippen LogP contribution in [0.2, 0.25) is 0 Å².